The average molecular weight is 318 g/mol. The van der Waals surface area contributed by atoms with Gasteiger partial charge in [-0.05, 0) is 12.1 Å². The van der Waals surface area contributed by atoms with Gasteiger partial charge in [-0.15, -0.1) is 6.58 Å². The Labute approximate surface area is 128 Å². The van der Waals surface area contributed by atoms with Gasteiger partial charge >= 0.3 is 0 Å². The molecule has 0 unspecified atom stereocenters. The van der Waals surface area contributed by atoms with Crippen molar-refractivity contribution < 1.29 is 13.2 Å². The lowest BCUT2D eigenvalue weighted by Crippen LogP contribution is -2.23. The van der Waals surface area contributed by atoms with Crippen molar-refractivity contribution in [1.29, 1.82) is 0 Å². The summed E-state index contributed by atoms with van der Waals surface area (Å²) in [5.74, 6) is -0.471. The molecule has 2 aromatic rings. The number of rotatable bonds is 6. The fourth-order valence-corrected chi connectivity index (χ4v) is 2.52. The summed E-state index contributed by atoms with van der Waals surface area (Å²) < 4.78 is 26.4. The Hall–Kier alpha value is -2.74. The van der Waals surface area contributed by atoms with Crippen molar-refractivity contribution in [1.82, 2.24) is 15.3 Å². The van der Waals surface area contributed by atoms with Crippen LogP contribution >= 0.6 is 0 Å². The summed E-state index contributed by atoms with van der Waals surface area (Å²) in [6, 6.07) is 7.86. The molecule has 0 bridgehead atoms. The van der Waals surface area contributed by atoms with E-state index in [1.165, 1.54) is 24.5 Å². The van der Waals surface area contributed by atoms with Crippen LogP contribution < -0.4 is 10.0 Å². The number of carbonyl (C=O) groups is 1. The maximum Gasteiger partial charge on any atom is 0.264 e. The van der Waals surface area contributed by atoms with Crippen LogP contribution in [0.3, 0.4) is 0 Å². The summed E-state index contributed by atoms with van der Waals surface area (Å²) in [6.45, 7) is 3.81. The van der Waals surface area contributed by atoms with Gasteiger partial charge in [0.25, 0.3) is 15.9 Å². The van der Waals surface area contributed by atoms with E-state index in [4.69, 9.17) is 0 Å². The number of anilines is 1. The number of hydrogen-bond donors (Lipinski definition) is 2. The Morgan fingerprint density at radius 1 is 1.18 bits per heavy atom. The lowest BCUT2D eigenvalue weighted by molar-refractivity contribution is 0.0957. The largest absolute Gasteiger partial charge is 0.348 e. The molecule has 0 radical (unpaired) electrons. The molecule has 0 saturated heterocycles. The molecule has 0 saturated carbocycles. The van der Waals surface area contributed by atoms with Crippen LogP contribution in [0.1, 0.15) is 10.4 Å². The first kappa shape index (κ1) is 15.6. The lowest BCUT2D eigenvalue weighted by Gasteiger charge is -2.07. The molecule has 0 atom stereocenters. The van der Waals surface area contributed by atoms with Crippen molar-refractivity contribution in [2.45, 2.75) is 4.90 Å². The molecular formula is C14H14N4O3S. The second-order valence-corrected chi connectivity index (χ2v) is 5.90. The molecule has 0 spiro atoms. The molecule has 22 heavy (non-hydrogen) atoms. The van der Waals surface area contributed by atoms with E-state index >= 15 is 0 Å². The molecule has 1 heterocycles. The molecule has 8 heteroatoms. The Morgan fingerprint density at radius 2 is 1.82 bits per heavy atom. The minimum Gasteiger partial charge on any atom is -0.348 e. The zero-order valence-corrected chi connectivity index (χ0v) is 12.4. The van der Waals surface area contributed by atoms with Crippen molar-refractivity contribution in [3.05, 3.63) is 60.9 Å². The molecule has 7 nitrogen and oxygen atoms in total. The third-order valence-corrected chi connectivity index (χ3v) is 3.94. The van der Waals surface area contributed by atoms with Gasteiger partial charge < -0.3 is 5.32 Å². The Balaban J connectivity index is 2.11. The van der Waals surface area contributed by atoms with Crippen LogP contribution in [-0.2, 0) is 10.0 Å². The van der Waals surface area contributed by atoms with E-state index < -0.39 is 10.0 Å². The number of hydrogen-bond acceptors (Lipinski definition) is 5. The fraction of sp³-hybridized carbons (Fsp3) is 0.0714. The molecule has 2 rings (SSSR count). The number of carbonyl (C=O) groups excluding carboxylic acids is 1. The highest BCUT2D eigenvalue weighted by Crippen LogP contribution is 2.12. The Bertz CT molecular complexity index is 758. The van der Waals surface area contributed by atoms with Gasteiger partial charge in [-0.2, -0.15) is 0 Å². The molecule has 114 valence electrons. The lowest BCUT2D eigenvalue weighted by atomic mass is 10.3. The van der Waals surface area contributed by atoms with Gasteiger partial charge in [0.15, 0.2) is 0 Å². The molecule has 0 fully saturated rings. The Kier molecular flexibility index (Phi) is 4.84. The number of nitrogens with zero attached hydrogens (tertiary/aromatic N) is 2. The summed E-state index contributed by atoms with van der Waals surface area (Å²) in [5, 5.41) is 2.57. The molecule has 2 N–H and O–H groups in total. The molecule has 1 aromatic heterocycles. The zero-order chi connectivity index (χ0) is 16.0. The van der Waals surface area contributed by atoms with Gasteiger partial charge in [0.05, 0.1) is 10.5 Å². The highest BCUT2D eigenvalue weighted by Gasteiger charge is 2.15. The highest BCUT2D eigenvalue weighted by atomic mass is 32.2. The van der Waals surface area contributed by atoms with E-state index in [0.717, 1.165) is 0 Å². The summed E-state index contributed by atoms with van der Waals surface area (Å²) in [4.78, 5) is 19.4. The topological polar surface area (TPSA) is 101 Å². The highest BCUT2D eigenvalue weighted by molar-refractivity contribution is 7.92. The van der Waals surface area contributed by atoms with Crippen LogP contribution in [0, 0.1) is 0 Å². The third-order valence-electron chi connectivity index (χ3n) is 2.60. The van der Waals surface area contributed by atoms with Gasteiger partial charge in [-0.25, -0.2) is 23.1 Å². The quantitative estimate of drug-likeness (QED) is 0.779. The smallest absolute Gasteiger partial charge is 0.264 e. The summed E-state index contributed by atoms with van der Waals surface area (Å²) in [5.41, 5.74) is 0.226. The number of benzene rings is 1. The van der Waals surface area contributed by atoms with Crippen molar-refractivity contribution >= 4 is 21.9 Å². The maximum atomic E-state index is 12.1. The minimum atomic E-state index is -3.75. The van der Waals surface area contributed by atoms with E-state index in [9.17, 15) is 13.2 Å². The van der Waals surface area contributed by atoms with E-state index in [0.29, 0.717) is 6.54 Å². The molecule has 0 aliphatic heterocycles. The standard InChI is InChI=1S/C14H14N4O3S/c1-2-8-15-13(19)11-9-16-14(17-10-11)18-22(20,21)12-6-4-3-5-7-12/h2-7,9-10H,1,8H2,(H,15,19)(H,16,17,18). The van der Waals surface area contributed by atoms with Crippen LogP contribution in [-0.4, -0.2) is 30.8 Å². The Morgan fingerprint density at radius 3 is 2.41 bits per heavy atom. The second kappa shape index (κ2) is 6.81. The first-order chi connectivity index (χ1) is 10.5. The van der Waals surface area contributed by atoms with Crippen LogP contribution in [0.4, 0.5) is 5.95 Å². The summed E-state index contributed by atoms with van der Waals surface area (Å²) in [6.07, 6.45) is 4.03. The molecule has 0 aliphatic rings. The van der Waals surface area contributed by atoms with Gasteiger partial charge in [0.2, 0.25) is 5.95 Å². The normalized spacial score (nSPS) is 10.7. The summed E-state index contributed by atoms with van der Waals surface area (Å²) in [7, 11) is -3.75. The molecular weight excluding hydrogens is 304 g/mol. The second-order valence-electron chi connectivity index (χ2n) is 4.21. The van der Waals surface area contributed by atoms with Gasteiger partial charge in [-0.1, -0.05) is 24.3 Å². The predicted octanol–water partition coefficient (Wildman–Crippen LogP) is 1.19. The number of aromatic nitrogens is 2. The number of sulfonamides is 1. The minimum absolute atomic E-state index is 0.103. The van der Waals surface area contributed by atoms with E-state index in [1.807, 2.05) is 0 Å². The predicted molar refractivity (Wildman–Crippen MR) is 81.8 cm³/mol. The van der Waals surface area contributed by atoms with Gasteiger partial charge in [-0.3, -0.25) is 4.79 Å². The monoisotopic (exact) mass is 318 g/mol. The molecule has 0 aliphatic carbocycles. The SMILES string of the molecule is C=CCNC(=O)c1cnc(NS(=O)(=O)c2ccccc2)nc1. The van der Waals surface area contributed by atoms with E-state index in [-0.39, 0.29) is 22.3 Å². The van der Waals surface area contributed by atoms with Crippen molar-refractivity contribution in [2.24, 2.45) is 0 Å². The van der Waals surface area contributed by atoms with Crippen molar-refractivity contribution in [2.75, 3.05) is 11.3 Å². The van der Waals surface area contributed by atoms with E-state index in [1.54, 1.807) is 24.3 Å². The molecule has 1 aromatic carbocycles. The zero-order valence-electron chi connectivity index (χ0n) is 11.6. The van der Waals surface area contributed by atoms with Crippen molar-refractivity contribution in [3.63, 3.8) is 0 Å². The fourth-order valence-electron chi connectivity index (χ4n) is 1.54. The van der Waals surface area contributed by atoms with E-state index in [2.05, 4.69) is 26.6 Å². The van der Waals surface area contributed by atoms with Crippen LogP contribution in [0.25, 0.3) is 0 Å². The number of nitrogens with one attached hydrogen (secondary N) is 2. The molecule has 1 amide bonds. The van der Waals surface area contributed by atoms with Crippen molar-refractivity contribution in [3.8, 4) is 0 Å². The van der Waals surface area contributed by atoms with Crippen LogP contribution in [0.5, 0.6) is 0 Å². The van der Waals surface area contributed by atoms with Crippen LogP contribution in [0.2, 0.25) is 0 Å². The first-order valence-corrected chi connectivity index (χ1v) is 7.80. The van der Waals surface area contributed by atoms with Gasteiger partial charge in [0.1, 0.15) is 0 Å². The average Bonchev–Trinajstić information content (AvgIpc) is 2.54. The summed E-state index contributed by atoms with van der Waals surface area (Å²) >= 11 is 0. The van der Waals surface area contributed by atoms with Crippen LogP contribution in [0.15, 0.2) is 60.3 Å². The number of amides is 1. The van der Waals surface area contributed by atoms with Gasteiger partial charge in [0, 0.05) is 18.9 Å². The third kappa shape index (κ3) is 3.89. The first-order valence-electron chi connectivity index (χ1n) is 6.32. The maximum absolute atomic E-state index is 12.1.